The fourth-order valence-electron chi connectivity index (χ4n) is 1.36. The molecule has 2 aromatic rings. The molecule has 0 aliphatic carbocycles. The fourth-order valence-corrected chi connectivity index (χ4v) is 1.36. The van der Waals surface area contributed by atoms with Crippen LogP contribution in [0.3, 0.4) is 0 Å². The van der Waals surface area contributed by atoms with Crippen LogP contribution in [0.15, 0.2) is 34.7 Å². The van der Waals surface area contributed by atoms with E-state index >= 15 is 0 Å². The third kappa shape index (κ3) is 1.86. The summed E-state index contributed by atoms with van der Waals surface area (Å²) in [6.07, 6.45) is 0. The Morgan fingerprint density at radius 3 is 2.56 bits per heavy atom. The largest absolute Gasteiger partial charge is 0.453 e. The molecule has 1 aromatic carbocycles. The first kappa shape index (κ1) is 10.5. The first-order valence-electron chi connectivity index (χ1n) is 4.64. The summed E-state index contributed by atoms with van der Waals surface area (Å²) in [6.45, 7) is 1.34. The second kappa shape index (κ2) is 3.89. The van der Waals surface area contributed by atoms with Gasteiger partial charge in [0.1, 0.15) is 17.4 Å². The van der Waals surface area contributed by atoms with Crippen molar-refractivity contribution in [2.24, 2.45) is 0 Å². The number of carbonyl (C=O) groups excluding carboxylic acids is 1. The normalized spacial score (nSPS) is 10.4. The molecule has 0 atom stereocenters. The summed E-state index contributed by atoms with van der Waals surface area (Å²) in [7, 11) is 0. The second-order valence-electron chi connectivity index (χ2n) is 3.34. The van der Waals surface area contributed by atoms with Crippen LogP contribution in [0.25, 0.3) is 11.3 Å². The van der Waals surface area contributed by atoms with Crippen molar-refractivity contribution in [1.82, 2.24) is 0 Å². The number of halogens is 2. The lowest BCUT2D eigenvalue weighted by molar-refractivity contribution is 0.0988. The monoisotopic (exact) mass is 222 g/mol. The van der Waals surface area contributed by atoms with Crippen LogP contribution in [0.5, 0.6) is 0 Å². The lowest BCUT2D eigenvalue weighted by Crippen LogP contribution is -1.87. The summed E-state index contributed by atoms with van der Waals surface area (Å²) in [4.78, 5) is 11.0. The number of rotatable bonds is 2. The zero-order valence-corrected chi connectivity index (χ0v) is 8.46. The van der Waals surface area contributed by atoms with Gasteiger partial charge < -0.3 is 4.42 Å². The first-order valence-corrected chi connectivity index (χ1v) is 4.64. The molecule has 0 bridgehead atoms. The van der Waals surface area contributed by atoms with Gasteiger partial charge in [0.2, 0.25) is 0 Å². The van der Waals surface area contributed by atoms with Crippen molar-refractivity contribution in [3.8, 4) is 11.3 Å². The lowest BCUT2D eigenvalue weighted by Gasteiger charge is -1.99. The third-order valence-corrected chi connectivity index (χ3v) is 2.15. The highest BCUT2D eigenvalue weighted by molar-refractivity contribution is 5.91. The van der Waals surface area contributed by atoms with Gasteiger partial charge in [0.05, 0.1) is 5.56 Å². The van der Waals surface area contributed by atoms with E-state index in [1.165, 1.54) is 19.1 Å². The van der Waals surface area contributed by atoms with Gasteiger partial charge in [-0.15, -0.1) is 0 Å². The molecule has 4 heteroatoms. The minimum absolute atomic E-state index is 0.00694. The molecule has 0 unspecified atom stereocenters. The molecule has 0 saturated carbocycles. The summed E-state index contributed by atoms with van der Waals surface area (Å²) >= 11 is 0. The number of Topliss-reactive ketones (excluding diaryl/α,β-unsaturated/α-hetero) is 1. The number of furan rings is 1. The Kier molecular flexibility index (Phi) is 2.56. The average molecular weight is 222 g/mol. The van der Waals surface area contributed by atoms with Crippen molar-refractivity contribution in [3.05, 3.63) is 47.7 Å². The minimum atomic E-state index is -0.592. The molecule has 16 heavy (non-hydrogen) atoms. The molecule has 0 saturated heterocycles. The van der Waals surface area contributed by atoms with Crippen molar-refractivity contribution in [1.29, 1.82) is 0 Å². The molecule has 0 radical (unpaired) electrons. The summed E-state index contributed by atoms with van der Waals surface area (Å²) in [6, 6.07) is 5.93. The van der Waals surface area contributed by atoms with Crippen molar-refractivity contribution in [2.75, 3.05) is 0 Å². The highest BCUT2D eigenvalue weighted by atomic mass is 19.1. The van der Waals surface area contributed by atoms with E-state index in [1.54, 1.807) is 0 Å². The number of hydrogen-bond donors (Lipinski definition) is 0. The van der Waals surface area contributed by atoms with E-state index in [4.69, 9.17) is 4.42 Å². The van der Waals surface area contributed by atoms with E-state index in [9.17, 15) is 13.6 Å². The number of ketones is 1. The average Bonchev–Trinajstić information content (AvgIpc) is 2.70. The first-order chi connectivity index (χ1) is 7.58. The Balaban J connectivity index is 2.50. The van der Waals surface area contributed by atoms with Crippen LogP contribution < -0.4 is 0 Å². The Bertz CT molecular complexity index is 544. The Morgan fingerprint density at radius 1 is 1.19 bits per heavy atom. The Morgan fingerprint density at radius 2 is 1.94 bits per heavy atom. The van der Waals surface area contributed by atoms with Crippen LogP contribution in [-0.4, -0.2) is 5.78 Å². The maximum absolute atomic E-state index is 13.4. The van der Waals surface area contributed by atoms with Crippen molar-refractivity contribution >= 4 is 5.78 Å². The van der Waals surface area contributed by atoms with Gasteiger partial charge in [-0.25, -0.2) is 8.78 Å². The molecule has 1 heterocycles. The van der Waals surface area contributed by atoms with E-state index in [0.29, 0.717) is 0 Å². The van der Waals surface area contributed by atoms with E-state index in [0.717, 1.165) is 18.2 Å². The fraction of sp³-hybridized carbons (Fsp3) is 0.0833. The molecular weight excluding hydrogens is 214 g/mol. The number of carbonyl (C=O) groups is 1. The maximum atomic E-state index is 13.4. The summed E-state index contributed by atoms with van der Waals surface area (Å²) in [5, 5.41) is 0. The van der Waals surface area contributed by atoms with Gasteiger partial charge in [-0.3, -0.25) is 4.79 Å². The van der Waals surface area contributed by atoms with Gasteiger partial charge in [0.15, 0.2) is 11.5 Å². The zero-order valence-electron chi connectivity index (χ0n) is 8.46. The van der Waals surface area contributed by atoms with Crippen LogP contribution in [0.4, 0.5) is 8.78 Å². The molecule has 0 amide bonds. The zero-order chi connectivity index (χ0) is 11.7. The molecule has 0 N–H and O–H groups in total. The molecule has 0 aliphatic rings. The van der Waals surface area contributed by atoms with Crippen LogP contribution >= 0.6 is 0 Å². The Labute approximate surface area is 90.5 Å². The topological polar surface area (TPSA) is 30.2 Å². The molecule has 0 aliphatic heterocycles. The van der Waals surface area contributed by atoms with Gasteiger partial charge in [-0.05, 0) is 30.3 Å². The van der Waals surface area contributed by atoms with Crippen LogP contribution in [-0.2, 0) is 0 Å². The highest BCUT2D eigenvalue weighted by Gasteiger charge is 2.12. The summed E-state index contributed by atoms with van der Waals surface area (Å²) < 4.78 is 31.4. The van der Waals surface area contributed by atoms with Gasteiger partial charge >= 0.3 is 0 Å². The van der Waals surface area contributed by atoms with Crippen LogP contribution in [0.1, 0.15) is 17.5 Å². The molecule has 0 fully saturated rings. The molecule has 0 spiro atoms. The van der Waals surface area contributed by atoms with Crippen molar-refractivity contribution < 1.29 is 18.0 Å². The SMILES string of the molecule is CC(=O)c1ccc(-c2cc(F)ccc2F)o1. The van der Waals surface area contributed by atoms with E-state index in [2.05, 4.69) is 0 Å². The minimum Gasteiger partial charge on any atom is -0.453 e. The molecule has 2 nitrogen and oxygen atoms in total. The quantitative estimate of drug-likeness (QED) is 0.728. The Hall–Kier alpha value is -1.97. The smallest absolute Gasteiger partial charge is 0.194 e. The van der Waals surface area contributed by atoms with Gasteiger partial charge in [-0.1, -0.05) is 0 Å². The predicted molar refractivity (Wildman–Crippen MR) is 54.1 cm³/mol. The van der Waals surface area contributed by atoms with E-state index in [-0.39, 0.29) is 22.9 Å². The van der Waals surface area contributed by atoms with Gasteiger partial charge in [0, 0.05) is 6.92 Å². The van der Waals surface area contributed by atoms with E-state index < -0.39 is 11.6 Å². The van der Waals surface area contributed by atoms with Gasteiger partial charge in [-0.2, -0.15) is 0 Å². The third-order valence-electron chi connectivity index (χ3n) is 2.15. The summed E-state index contributed by atoms with van der Waals surface area (Å²) in [5.41, 5.74) is 0.00694. The lowest BCUT2D eigenvalue weighted by atomic mass is 10.1. The maximum Gasteiger partial charge on any atom is 0.194 e. The molecule has 82 valence electrons. The predicted octanol–water partition coefficient (Wildman–Crippen LogP) is 3.43. The van der Waals surface area contributed by atoms with Crippen molar-refractivity contribution in [2.45, 2.75) is 6.92 Å². The second-order valence-corrected chi connectivity index (χ2v) is 3.34. The highest BCUT2D eigenvalue weighted by Crippen LogP contribution is 2.25. The molecular formula is C12H8F2O2. The van der Waals surface area contributed by atoms with Gasteiger partial charge in [0.25, 0.3) is 0 Å². The van der Waals surface area contributed by atoms with Crippen LogP contribution in [0.2, 0.25) is 0 Å². The molecule has 2 rings (SSSR count). The molecule has 1 aromatic heterocycles. The number of benzene rings is 1. The van der Waals surface area contributed by atoms with Crippen molar-refractivity contribution in [3.63, 3.8) is 0 Å². The van der Waals surface area contributed by atoms with Crippen LogP contribution in [0, 0.1) is 11.6 Å². The number of hydrogen-bond acceptors (Lipinski definition) is 2. The summed E-state index contributed by atoms with van der Waals surface area (Å²) in [5.74, 6) is -1.15. The van der Waals surface area contributed by atoms with E-state index in [1.807, 2.05) is 0 Å². The standard InChI is InChI=1S/C12H8F2O2/c1-7(15)11-4-5-12(16-11)9-6-8(13)2-3-10(9)14/h2-6H,1H3.